The van der Waals surface area contributed by atoms with E-state index < -0.39 is 14.1 Å². The highest BCUT2D eigenvalue weighted by molar-refractivity contribution is 6.88. The Kier molecular flexibility index (Phi) is 9.16. The van der Waals surface area contributed by atoms with Gasteiger partial charge in [-0.15, -0.1) is 0 Å². The van der Waals surface area contributed by atoms with Crippen molar-refractivity contribution in [2.75, 3.05) is 20.3 Å². The predicted molar refractivity (Wildman–Crippen MR) is 134 cm³/mol. The number of nitrogens with one attached hydrogen (secondary N) is 1. The zero-order valence-electron chi connectivity index (χ0n) is 20.7. The first-order valence-electron chi connectivity index (χ1n) is 11.9. The fourth-order valence-electron chi connectivity index (χ4n) is 4.34. The normalized spacial score (nSPS) is 15.7. The number of carbonyl (C=O) groups is 2. The van der Waals surface area contributed by atoms with Crippen molar-refractivity contribution < 1.29 is 23.5 Å². The van der Waals surface area contributed by atoms with Crippen LogP contribution < -0.4 is 10.5 Å². The summed E-state index contributed by atoms with van der Waals surface area (Å²) < 4.78 is 25.3. The minimum atomic E-state index is -1.81. The van der Waals surface area contributed by atoms with Crippen molar-refractivity contribution in [3.05, 3.63) is 65.0 Å². The topological polar surface area (TPSA) is 64.6 Å². The highest BCUT2D eigenvalue weighted by Gasteiger charge is 2.26. The number of methoxy groups -OCH3 is 1. The molecular weight excluding hydrogens is 449 g/mol. The Morgan fingerprint density at radius 2 is 1.74 bits per heavy atom. The average Bonchev–Trinajstić information content (AvgIpc) is 2.78. The SMILES string of the molecule is COCc1ccc([C@@H](NC(=O)CC2CCOCC2)C(=O)Cc2ccc([Si](C)(C)C)c(F)c2)cc1. The Hall–Kier alpha value is -2.35. The number of carbonyl (C=O) groups excluding carboxylic acids is 2. The van der Waals surface area contributed by atoms with E-state index in [2.05, 4.69) is 25.0 Å². The van der Waals surface area contributed by atoms with Crippen molar-refractivity contribution in [3.63, 3.8) is 0 Å². The third kappa shape index (κ3) is 7.32. The first-order valence-corrected chi connectivity index (χ1v) is 15.4. The van der Waals surface area contributed by atoms with Crippen molar-refractivity contribution >= 4 is 25.0 Å². The second-order valence-corrected chi connectivity index (χ2v) is 15.2. The number of hydrogen-bond acceptors (Lipinski definition) is 4. The quantitative estimate of drug-likeness (QED) is 0.510. The van der Waals surface area contributed by atoms with E-state index in [1.54, 1.807) is 7.11 Å². The molecule has 7 heteroatoms. The van der Waals surface area contributed by atoms with Crippen LogP contribution in [-0.2, 0) is 32.1 Å². The number of amides is 1. The number of ether oxygens (including phenoxy) is 2. The number of Topliss-reactive ketones (excluding diaryl/α,β-unsaturated/α-hetero) is 1. The van der Waals surface area contributed by atoms with Gasteiger partial charge in [-0.2, -0.15) is 0 Å². The van der Waals surface area contributed by atoms with Crippen LogP contribution in [-0.4, -0.2) is 40.1 Å². The number of hydrogen-bond donors (Lipinski definition) is 1. The third-order valence-corrected chi connectivity index (χ3v) is 8.31. The van der Waals surface area contributed by atoms with Crippen molar-refractivity contribution in [1.29, 1.82) is 0 Å². The first kappa shape index (κ1) is 26.3. The summed E-state index contributed by atoms with van der Waals surface area (Å²) in [6.45, 7) is 8.08. The Balaban J connectivity index is 1.78. The van der Waals surface area contributed by atoms with Gasteiger partial charge in [-0.05, 0) is 46.7 Å². The Bertz CT molecular complexity index is 981. The smallest absolute Gasteiger partial charge is 0.221 e. The molecule has 5 nitrogen and oxygen atoms in total. The molecule has 0 unspecified atom stereocenters. The van der Waals surface area contributed by atoms with Crippen molar-refractivity contribution in [3.8, 4) is 0 Å². The minimum Gasteiger partial charge on any atom is -0.381 e. The fraction of sp³-hybridized carbons (Fsp3) is 0.481. The van der Waals surface area contributed by atoms with Crippen LogP contribution in [0.5, 0.6) is 0 Å². The zero-order valence-corrected chi connectivity index (χ0v) is 21.7. The lowest BCUT2D eigenvalue weighted by atomic mass is 9.94. The molecule has 1 fully saturated rings. The van der Waals surface area contributed by atoms with Crippen molar-refractivity contribution in [2.24, 2.45) is 5.92 Å². The number of halogens is 1. The molecule has 34 heavy (non-hydrogen) atoms. The van der Waals surface area contributed by atoms with Gasteiger partial charge in [0, 0.05) is 33.2 Å². The van der Waals surface area contributed by atoms with Crippen LogP contribution in [0.25, 0.3) is 0 Å². The van der Waals surface area contributed by atoms with Gasteiger partial charge < -0.3 is 14.8 Å². The maximum absolute atomic E-state index is 14.7. The second-order valence-electron chi connectivity index (χ2n) is 10.1. The summed E-state index contributed by atoms with van der Waals surface area (Å²) in [6, 6.07) is 11.8. The van der Waals surface area contributed by atoms with Gasteiger partial charge >= 0.3 is 0 Å². The average molecular weight is 486 g/mol. The maximum atomic E-state index is 14.7. The molecule has 0 aromatic heterocycles. The molecule has 3 rings (SSSR count). The predicted octanol–water partition coefficient (Wildman–Crippen LogP) is 4.30. The molecule has 184 valence electrons. The summed E-state index contributed by atoms with van der Waals surface area (Å²) in [4.78, 5) is 26.2. The molecule has 1 amide bonds. The molecule has 0 aliphatic carbocycles. The van der Waals surface area contributed by atoms with Gasteiger partial charge in [0.15, 0.2) is 5.78 Å². The van der Waals surface area contributed by atoms with Crippen LogP contribution >= 0.6 is 0 Å². The van der Waals surface area contributed by atoms with Gasteiger partial charge in [-0.1, -0.05) is 56.0 Å². The molecule has 0 radical (unpaired) electrons. The largest absolute Gasteiger partial charge is 0.381 e. The number of ketones is 1. The van der Waals surface area contributed by atoms with Gasteiger partial charge in [0.05, 0.1) is 14.7 Å². The molecule has 1 saturated heterocycles. The Morgan fingerprint density at radius 1 is 1.09 bits per heavy atom. The number of rotatable bonds is 10. The lowest BCUT2D eigenvalue weighted by Gasteiger charge is -2.24. The summed E-state index contributed by atoms with van der Waals surface area (Å²) in [7, 11) is -0.179. The van der Waals surface area contributed by atoms with E-state index in [0.717, 1.165) is 23.6 Å². The Morgan fingerprint density at radius 3 is 2.32 bits per heavy atom. The standard InChI is InChI=1S/C27H36FNO4Si/c1-32-18-20-5-8-22(9-6-20)27(29-26(31)17-19-11-13-33-14-12-19)24(30)16-21-7-10-25(23(28)15-21)34(2,3)4/h5-10,15,19,27H,11-14,16-18H2,1-4H3,(H,29,31)/t27-/m1/s1. The molecule has 2 aromatic carbocycles. The summed E-state index contributed by atoms with van der Waals surface area (Å²) in [5.74, 6) is -0.309. The molecule has 1 aliphatic heterocycles. The van der Waals surface area contributed by atoms with Gasteiger partial charge in [0.2, 0.25) is 5.91 Å². The monoisotopic (exact) mass is 485 g/mol. The molecule has 0 saturated carbocycles. The fourth-order valence-corrected chi connectivity index (χ4v) is 5.71. The van der Waals surface area contributed by atoms with Gasteiger partial charge in [-0.25, -0.2) is 4.39 Å². The number of benzene rings is 2. The van der Waals surface area contributed by atoms with Gasteiger partial charge in [0.1, 0.15) is 11.9 Å². The molecule has 1 aliphatic rings. The van der Waals surface area contributed by atoms with Gasteiger partial charge in [-0.3, -0.25) is 9.59 Å². The van der Waals surface area contributed by atoms with E-state index in [9.17, 15) is 14.0 Å². The lowest BCUT2D eigenvalue weighted by Crippen LogP contribution is -2.40. The van der Waals surface area contributed by atoms with Crippen molar-refractivity contribution in [2.45, 2.75) is 58.0 Å². The molecule has 1 N–H and O–H groups in total. The zero-order chi connectivity index (χ0) is 24.7. The molecular formula is C27H36FNO4Si. The second kappa shape index (κ2) is 11.9. The van der Waals surface area contributed by atoms with Crippen LogP contribution in [0.4, 0.5) is 4.39 Å². The molecule has 1 atom stereocenters. The highest BCUT2D eigenvalue weighted by Crippen LogP contribution is 2.22. The summed E-state index contributed by atoms with van der Waals surface area (Å²) in [6.07, 6.45) is 2.11. The third-order valence-electron chi connectivity index (χ3n) is 6.29. The minimum absolute atomic E-state index is 0.0466. The van der Waals surface area contributed by atoms with Crippen LogP contribution in [0.1, 0.15) is 42.0 Å². The van der Waals surface area contributed by atoms with Crippen LogP contribution in [0.2, 0.25) is 19.6 Å². The Labute approximate surface area is 203 Å². The van der Waals surface area contributed by atoms with E-state index in [4.69, 9.17) is 9.47 Å². The molecule has 1 heterocycles. The lowest BCUT2D eigenvalue weighted by molar-refractivity contribution is -0.128. The highest BCUT2D eigenvalue weighted by atomic mass is 28.3. The molecule has 0 bridgehead atoms. The first-order chi connectivity index (χ1) is 16.2. The van der Waals surface area contributed by atoms with E-state index in [1.165, 1.54) is 6.07 Å². The van der Waals surface area contributed by atoms with Crippen molar-refractivity contribution in [1.82, 2.24) is 5.32 Å². The van der Waals surface area contributed by atoms with Crippen LogP contribution in [0.3, 0.4) is 0 Å². The molecule has 0 spiro atoms. The van der Waals surface area contributed by atoms with E-state index in [1.807, 2.05) is 36.4 Å². The maximum Gasteiger partial charge on any atom is 0.221 e. The van der Waals surface area contributed by atoms with E-state index in [0.29, 0.717) is 37.4 Å². The summed E-state index contributed by atoms with van der Waals surface area (Å²) in [5, 5.41) is 3.70. The van der Waals surface area contributed by atoms with E-state index >= 15 is 0 Å². The van der Waals surface area contributed by atoms with Crippen LogP contribution in [0, 0.1) is 11.7 Å². The summed E-state index contributed by atoms with van der Waals surface area (Å²) in [5.41, 5.74) is 2.31. The van der Waals surface area contributed by atoms with Gasteiger partial charge in [0.25, 0.3) is 0 Å². The molecule has 2 aromatic rings. The van der Waals surface area contributed by atoms with Crippen LogP contribution in [0.15, 0.2) is 42.5 Å². The van der Waals surface area contributed by atoms with E-state index in [-0.39, 0.29) is 29.8 Å². The summed E-state index contributed by atoms with van der Waals surface area (Å²) >= 11 is 0.